The van der Waals surface area contributed by atoms with E-state index in [1.807, 2.05) is 0 Å². The molecular formula is C17H16ClFO4. The zero-order valence-corrected chi connectivity index (χ0v) is 13.4. The average Bonchev–Trinajstić information content (AvgIpc) is 2.53. The maximum absolute atomic E-state index is 13.0. The highest BCUT2D eigenvalue weighted by atomic mass is 35.5. The fourth-order valence-corrected chi connectivity index (χ4v) is 2.49. The smallest absolute Gasteiger partial charge is 0.169 e. The van der Waals surface area contributed by atoms with E-state index in [0.717, 1.165) is 6.07 Å². The molecule has 23 heavy (non-hydrogen) atoms. The summed E-state index contributed by atoms with van der Waals surface area (Å²) in [6.45, 7) is 0. The van der Waals surface area contributed by atoms with Crippen LogP contribution in [-0.4, -0.2) is 25.1 Å². The number of ether oxygens (including phenoxy) is 2. The molecule has 0 radical (unpaired) electrons. The summed E-state index contributed by atoms with van der Waals surface area (Å²) in [5, 5.41) is 10.3. The number of Topliss-reactive ketones (excluding diaryl/α,β-unsaturated/α-hetero) is 1. The number of hydrogen-bond acceptors (Lipinski definition) is 4. The molecule has 2 aromatic carbocycles. The summed E-state index contributed by atoms with van der Waals surface area (Å²) in [4.78, 5) is 12.4. The van der Waals surface area contributed by atoms with Crippen LogP contribution in [0.5, 0.6) is 11.5 Å². The number of ketones is 1. The van der Waals surface area contributed by atoms with Gasteiger partial charge in [0.15, 0.2) is 5.78 Å². The van der Waals surface area contributed by atoms with Crippen LogP contribution in [0, 0.1) is 5.82 Å². The Morgan fingerprint density at radius 2 is 1.96 bits per heavy atom. The Morgan fingerprint density at radius 3 is 2.57 bits per heavy atom. The molecule has 0 aliphatic carbocycles. The molecule has 0 bridgehead atoms. The van der Waals surface area contributed by atoms with E-state index >= 15 is 0 Å². The Bertz CT molecular complexity index is 718. The fourth-order valence-electron chi connectivity index (χ4n) is 2.20. The second-order valence-electron chi connectivity index (χ2n) is 4.88. The van der Waals surface area contributed by atoms with Gasteiger partial charge in [0.05, 0.1) is 25.9 Å². The topological polar surface area (TPSA) is 55.8 Å². The second-order valence-corrected chi connectivity index (χ2v) is 5.28. The highest BCUT2D eigenvalue weighted by Crippen LogP contribution is 2.30. The molecule has 0 saturated heterocycles. The second kappa shape index (κ2) is 7.44. The molecule has 2 rings (SSSR count). The average molecular weight is 339 g/mol. The lowest BCUT2D eigenvalue weighted by Gasteiger charge is -2.14. The molecule has 0 saturated carbocycles. The number of methoxy groups -OCH3 is 2. The molecule has 0 spiro atoms. The molecule has 0 heterocycles. The first kappa shape index (κ1) is 17.2. The van der Waals surface area contributed by atoms with E-state index < -0.39 is 11.9 Å². The minimum atomic E-state index is -1.14. The molecule has 0 aliphatic rings. The lowest BCUT2D eigenvalue weighted by atomic mass is 9.99. The van der Waals surface area contributed by atoms with E-state index in [4.69, 9.17) is 21.1 Å². The summed E-state index contributed by atoms with van der Waals surface area (Å²) >= 11 is 5.90. The van der Waals surface area contributed by atoms with Crippen molar-refractivity contribution in [2.24, 2.45) is 0 Å². The van der Waals surface area contributed by atoms with Gasteiger partial charge in [-0.1, -0.05) is 17.7 Å². The molecule has 2 aromatic rings. The van der Waals surface area contributed by atoms with Gasteiger partial charge in [-0.2, -0.15) is 0 Å². The molecule has 6 heteroatoms. The summed E-state index contributed by atoms with van der Waals surface area (Å²) in [5.41, 5.74) is 0.625. The number of halogens is 2. The van der Waals surface area contributed by atoms with Gasteiger partial charge in [-0.3, -0.25) is 4.79 Å². The molecule has 122 valence electrons. The summed E-state index contributed by atoms with van der Waals surface area (Å²) in [6, 6.07) is 8.43. The number of benzene rings is 2. The number of rotatable bonds is 6. The van der Waals surface area contributed by atoms with Crippen molar-refractivity contribution in [3.63, 3.8) is 0 Å². The first-order valence-electron chi connectivity index (χ1n) is 6.84. The molecule has 0 amide bonds. The molecule has 4 nitrogen and oxygen atoms in total. The molecule has 1 unspecified atom stereocenters. The van der Waals surface area contributed by atoms with Crippen LogP contribution >= 0.6 is 11.6 Å². The third-order valence-corrected chi connectivity index (χ3v) is 3.74. The quantitative estimate of drug-likeness (QED) is 0.814. The van der Waals surface area contributed by atoms with Crippen molar-refractivity contribution in [1.29, 1.82) is 0 Å². The van der Waals surface area contributed by atoms with E-state index in [2.05, 4.69) is 0 Å². The van der Waals surface area contributed by atoms with Crippen LogP contribution in [0.25, 0.3) is 0 Å². The lowest BCUT2D eigenvalue weighted by molar-refractivity contribution is 0.0877. The predicted molar refractivity (Wildman–Crippen MR) is 84.9 cm³/mol. The van der Waals surface area contributed by atoms with Gasteiger partial charge in [-0.05, 0) is 29.8 Å². The van der Waals surface area contributed by atoms with E-state index in [-0.39, 0.29) is 17.2 Å². The zero-order chi connectivity index (χ0) is 17.0. The molecule has 0 aliphatic heterocycles. The SMILES string of the molecule is COc1ccc(C(=O)CC(O)c2ccc(F)cc2Cl)c(OC)c1. The number of hydrogen-bond donors (Lipinski definition) is 1. The first-order chi connectivity index (χ1) is 11.0. The van der Waals surface area contributed by atoms with Gasteiger partial charge in [0, 0.05) is 17.5 Å². The van der Waals surface area contributed by atoms with Gasteiger partial charge in [0.1, 0.15) is 17.3 Å². The Balaban J connectivity index is 2.21. The van der Waals surface area contributed by atoms with Crippen molar-refractivity contribution in [3.8, 4) is 11.5 Å². The molecule has 0 fully saturated rings. The Hall–Kier alpha value is -2.11. The van der Waals surface area contributed by atoms with Crippen molar-refractivity contribution in [3.05, 3.63) is 58.4 Å². The standard InChI is InChI=1S/C17H16ClFO4/c1-22-11-4-6-13(17(8-11)23-2)16(21)9-15(20)12-5-3-10(19)7-14(12)18/h3-8,15,20H,9H2,1-2H3. The van der Waals surface area contributed by atoms with E-state index in [1.54, 1.807) is 18.2 Å². The number of aliphatic hydroxyl groups excluding tert-OH is 1. The van der Waals surface area contributed by atoms with Crippen LogP contribution in [0.3, 0.4) is 0 Å². The monoisotopic (exact) mass is 338 g/mol. The maximum atomic E-state index is 13.0. The van der Waals surface area contributed by atoms with Gasteiger partial charge in [-0.15, -0.1) is 0 Å². The van der Waals surface area contributed by atoms with Gasteiger partial charge in [-0.25, -0.2) is 4.39 Å². The van der Waals surface area contributed by atoms with Gasteiger partial charge in [0.2, 0.25) is 0 Å². The highest BCUT2D eigenvalue weighted by molar-refractivity contribution is 6.31. The Morgan fingerprint density at radius 1 is 1.22 bits per heavy atom. The predicted octanol–water partition coefficient (Wildman–Crippen LogP) is 3.80. The number of carbonyl (C=O) groups excluding carboxylic acids is 1. The van der Waals surface area contributed by atoms with Crippen LogP contribution in [0.1, 0.15) is 28.4 Å². The number of aliphatic hydroxyl groups is 1. The van der Waals surface area contributed by atoms with Crippen LogP contribution in [0.2, 0.25) is 5.02 Å². The molecule has 1 atom stereocenters. The van der Waals surface area contributed by atoms with E-state index in [1.165, 1.54) is 26.4 Å². The normalized spacial score (nSPS) is 11.9. The lowest BCUT2D eigenvalue weighted by Crippen LogP contribution is -2.09. The van der Waals surface area contributed by atoms with Crippen molar-refractivity contribution in [2.45, 2.75) is 12.5 Å². The van der Waals surface area contributed by atoms with Gasteiger partial charge >= 0.3 is 0 Å². The van der Waals surface area contributed by atoms with Crippen molar-refractivity contribution >= 4 is 17.4 Å². The summed E-state index contributed by atoms with van der Waals surface area (Å²) in [5.74, 6) is 0.0822. The Labute approximate surface area is 138 Å². The molecule has 0 aromatic heterocycles. The first-order valence-corrected chi connectivity index (χ1v) is 7.22. The third kappa shape index (κ3) is 4.00. The van der Waals surface area contributed by atoms with Crippen LogP contribution in [0.15, 0.2) is 36.4 Å². The van der Waals surface area contributed by atoms with Crippen LogP contribution in [0.4, 0.5) is 4.39 Å². The van der Waals surface area contributed by atoms with Crippen molar-refractivity contribution in [2.75, 3.05) is 14.2 Å². The zero-order valence-electron chi connectivity index (χ0n) is 12.7. The van der Waals surface area contributed by atoms with E-state index in [0.29, 0.717) is 22.6 Å². The summed E-state index contributed by atoms with van der Waals surface area (Å²) < 4.78 is 23.3. The Kier molecular flexibility index (Phi) is 5.58. The maximum Gasteiger partial charge on any atom is 0.169 e. The fraction of sp³-hybridized carbons (Fsp3) is 0.235. The third-order valence-electron chi connectivity index (χ3n) is 3.41. The largest absolute Gasteiger partial charge is 0.497 e. The molecular weight excluding hydrogens is 323 g/mol. The van der Waals surface area contributed by atoms with E-state index in [9.17, 15) is 14.3 Å². The van der Waals surface area contributed by atoms with Gasteiger partial charge in [0.25, 0.3) is 0 Å². The minimum absolute atomic E-state index is 0.0759. The van der Waals surface area contributed by atoms with Crippen LogP contribution in [-0.2, 0) is 0 Å². The number of carbonyl (C=O) groups is 1. The summed E-state index contributed by atoms with van der Waals surface area (Å²) in [7, 11) is 2.95. The van der Waals surface area contributed by atoms with Crippen LogP contribution < -0.4 is 9.47 Å². The van der Waals surface area contributed by atoms with Crippen molar-refractivity contribution in [1.82, 2.24) is 0 Å². The molecule has 1 N–H and O–H groups in total. The minimum Gasteiger partial charge on any atom is -0.497 e. The van der Waals surface area contributed by atoms with Gasteiger partial charge < -0.3 is 14.6 Å². The highest BCUT2D eigenvalue weighted by Gasteiger charge is 2.20. The summed E-state index contributed by atoms with van der Waals surface area (Å²) in [6.07, 6.45) is -1.34. The van der Waals surface area contributed by atoms with Crippen molar-refractivity contribution < 1.29 is 23.8 Å².